The number of nitrogens with one attached hydrogen (secondary N) is 1. The molecule has 0 radical (unpaired) electrons. The number of aromatic amines is 1. The van der Waals surface area contributed by atoms with Gasteiger partial charge in [-0.2, -0.15) is 0 Å². The van der Waals surface area contributed by atoms with E-state index in [0.717, 1.165) is 0 Å². The number of fused-ring (bicyclic) bond motifs is 1. The highest BCUT2D eigenvalue weighted by atomic mass is 16.6. The molecule has 0 atom stereocenters. The van der Waals surface area contributed by atoms with E-state index in [-0.39, 0.29) is 16.6 Å². The lowest BCUT2D eigenvalue weighted by Gasteiger charge is -1.94. The number of ketones is 1. The van der Waals surface area contributed by atoms with Gasteiger partial charge in [0.15, 0.2) is 0 Å². The highest BCUT2D eigenvalue weighted by Gasteiger charge is 2.20. The van der Waals surface area contributed by atoms with Gasteiger partial charge in [-0.1, -0.05) is 0 Å². The Bertz CT molecular complexity index is 643. The molecule has 86 valence electrons. The molecule has 0 aliphatic carbocycles. The van der Waals surface area contributed by atoms with Crippen LogP contribution in [-0.2, 0) is 4.79 Å². The number of carbonyl (C=O) groups excluding carboxylic acids is 1. The monoisotopic (exact) mass is 234 g/mol. The standard InChI is InChI=1S/C10H6N2O5/c13-9(10(14)15)7-4-11-8-2-1-5(12(16)17)3-6(7)8/h1-4,11H,(H,14,15). The maximum atomic E-state index is 11.3. The molecule has 1 heterocycles. The molecule has 2 rings (SSSR count). The van der Waals surface area contributed by atoms with Crippen LogP contribution in [0.25, 0.3) is 10.9 Å². The van der Waals surface area contributed by atoms with Crippen LogP contribution in [0.4, 0.5) is 5.69 Å². The highest BCUT2D eigenvalue weighted by molar-refractivity contribution is 6.42. The van der Waals surface area contributed by atoms with Crippen molar-refractivity contribution in [1.82, 2.24) is 4.98 Å². The summed E-state index contributed by atoms with van der Waals surface area (Å²) in [6.45, 7) is 0. The molecule has 0 amide bonds. The maximum absolute atomic E-state index is 11.3. The van der Waals surface area contributed by atoms with Crippen LogP contribution < -0.4 is 0 Å². The second-order valence-corrected chi connectivity index (χ2v) is 3.32. The summed E-state index contributed by atoms with van der Waals surface area (Å²) in [6, 6.07) is 3.86. The molecule has 0 saturated heterocycles. The van der Waals surface area contributed by atoms with E-state index in [4.69, 9.17) is 5.11 Å². The average Bonchev–Trinajstić information content (AvgIpc) is 2.70. The van der Waals surface area contributed by atoms with E-state index < -0.39 is 16.7 Å². The average molecular weight is 234 g/mol. The van der Waals surface area contributed by atoms with Crippen molar-refractivity contribution in [3.05, 3.63) is 40.1 Å². The summed E-state index contributed by atoms with van der Waals surface area (Å²) in [6.07, 6.45) is 1.23. The smallest absolute Gasteiger partial charge is 0.377 e. The van der Waals surface area contributed by atoms with Crippen molar-refractivity contribution in [3.63, 3.8) is 0 Å². The summed E-state index contributed by atoms with van der Waals surface area (Å²) in [4.78, 5) is 34.5. The predicted octanol–water partition coefficient (Wildman–Crippen LogP) is 1.34. The number of carboxylic acid groups (broad SMARTS) is 1. The minimum Gasteiger partial charge on any atom is -0.475 e. The summed E-state index contributed by atoms with van der Waals surface area (Å²) < 4.78 is 0. The van der Waals surface area contributed by atoms with Gasteiger partial charge in [-0.3, -0.25) is 14.9 Å². The minimum atomic E-state index is -1.60. The van der Waals surface area contributed by atoms with Crippen LogP contribution in [0.15, 0.2) is 24.4 Å². The van der Waals surface area contributed by atoms with Crippen molar-refractivity contribution in [3.8, 4) is 0 Å². The predicted molar refractivity (Wildman–Crippen MR) is 56.9 cm³/mol. The molecule has 0 bridgehead atoms. The summed E-state index contributed by atoms with van der Waals surface area (Å²) in [5, 5.41) is 19.4. The van der Waals surface area contributed by atoms with E-state index >= 15 is 0 Å². The first-order valence-corrected chi connectivity index (χ1v) is 4.54. The fourth-order valence-electron chi connectivity index (χ4n) is 1.53. The Morgan fingerprint density at radius 3 is 2.65 bits per heavy atom. The lowest BCUT2D eigenvalue weighted by atomic mass is 10.1. The van der Waals surface area contributed by atoms with E-state index in [2.05, 4.69) is 4.98 Å². The number of carboxylic acids is 1. The second-order valence-electron chi connectivity index (χ2n) is 3.32. The maximum Gasteiger partial charge on any atom is 0.377 e. The van der Waals surface area contributed by atoms with E-state index in [9.17, 15) is 19.7 Å². The zero-order chi connectivity index (χ0) is 12.6. The molecule has 0 spiro atoms. The number of hydrogen-bond donors (Lipinski definition) is 2. The molecule has 2 aromatic rings. The largest absolute Gasteiger partial charge is 0.475 e. The number of rotatable bonds is 3. The van der Waals surface area contributed by atoms with Gasteiger partial charge in [0.05, 0.1) is 10.5 Å². The molecule has 1 aromatic heterocycles. The lowest BCUT2D eigenvalue weighted by molar-refractivity contribution is -0.384. The van der Waals surface area contributed by atoms with Gasteiger partial charge in [0.1, 0.15) is 0 Å². The molecule has 0 aliphatic rings. The Morgan fingerprint density at radius 2 is 2.06 bits per heavy atom. The van der Waals surface area contributed by atoms with E-state index in [1.54, 1.807) is 0 Å². The molecule has 2 N–H and O–H groups in total. The van der Waals surface area contributed by atoms with Crippen LogP contribution in [0.5, 0.6) is 0 Å². The molecule has 7 heteroatoms. The minimum absolute atomic E-state index is 0.0869. The number of hydrogen-bond acceptors (Lipinski definition) is 4. The Kier molecular flexibility index (Phi) is 2.36. The SMILES string of the molecule is O=C(O)C(=O)c1c[nH]c2ccc([N+](=O)[O-])cc12. The fourth-order valence-corrected chi connectivity index (χ4v) is 1.53. The number of H-pyrrole nitrogens is 1. The van der Waals surface area contributed by atoms with Crippen LogP contribution in [0.3, 0.4) is 0 Å². The quantitative estimate of drug-likeness (QED) is 0.360. The summed E-state index contributed by atoms with van der Waals surface area (Å²) >= 11 is 0. The van der Waals surface area contributed by atoms with Crippen molar-refractivity contribution in [2.45, 2.75) is 0 Å². The van der Waals surface area contributed by atoms with Crippen LogP contribution in [0.2, 0.25) is 0 Å². The van der Waals surface area contributed by atoms with Gasteiger partial charge in [0.25, 0.3) is 11.5 Å². The third kappa shape index (κ3) is 1.73. The van der Waals surface area contributed by atoms with Crippen LogP contribution in [0, 0.1) is 10.1 Å². The second kappa shape index (κ2) is 3.71. The first-order valence-electron chi connectivity index (χ1n) is 4.54. The number of carbonyl (C=O) groups is 2. The molecule has 0 fully saturated rings. The van der Waals surface area contributed by atoms with Gasteiger partial charge in [0.2, 0.25) is 0 Å². The molecular formula is C10H6N2O5. The molecule has 0 aliphatic heterocycles. The number of nitrogens with zero attached hydrogens (tertiary/aromatic N) is 1. The number of nitro groups is 1. The molecule has 1 aromatic carbocycles. The number of aromatic nitrogens is 1. The van der Waals surface area contributed by atoms with Gasteiger partial charge >= 0.3 is 5.97 Å². The lowest BCUT2D eigenvalue weighted by Crippen LogP contribution is -2.11. The molecule has 7 nitrogen and oxygen atoms in total. The van der Waals surface area contributed by atoms with E-state index in [1.807, 2.05) is 0 Å². The normalized spacial score (nSPS) is 10.4. The molecule has 0 unspecified atom stereocenters. The van der Waals surface area contributed by atoms with Crippen LogP contribution in [0.1, 0.15) is 10.4 Å². The van der Waals surface area contributed by atoms with Gasteiger partial charge in [-0.15, -0.1) is 0 Å². The summed E-state index contributed by atoms with van der Waals surface area (Å²) in [5.41, 5.74) is 0.188. The number of nitro benzene ring substituents is 1. The first kappa shape index (κ1) is 10.8. The van der Waals surface area contributed by atoms with Crippen molar-refractivity contribution in [2.24, 2.45) is 0 Å². The first-order chi connectivity index (χ1) is 8.00. The zero-order valence-electron chi connectivity index (χ0n) is 8.34. The molecule has 17 heavy (non-hydrogen) atoms. The Hall–Kier alpha value is -2.70. The Balaban J connectivity index is 2.66. The number of Topliss-reactive ketones (excluding diaryl/α,β-unsaturated/α-hetero) is 1. The molecule has 0 saturated carbocycles. The van der Waals surface area contributed by atoms with Crippen LogP contribution >= 0.6 is 0 Å². The number of aliphatic carboxylic acids is 1. The molecular weight excluding hydrogens is 228 g/mol. The third-order valence-corrected chi connectivity index (χ3v) is 2.32. The van der Waals surface area contributed by atoms with Crippen molar-refractivity contribution < 1.29 is 19.6 Å². The van der Waals surface area contributed by atoms with Gasteiger partial charge < -0.3 is 10.1 Å². The highest BCUT2D eigenvalue weighted by Crippen LogP contribution is 2.23. The Morgan fingerprint density at radius 1 is 1.35 bits per heavy atom. The third-order valence-electron chi connectivity index (χ3n) is 2.32. The topological polar surface area (TPSA) is 113 Å². The van der Waals surface area contributed by atoms with E-state index in [0.29, 0.717) is 5.52 Å². The zero-order valence-corrected chi connectivity index (χ0v) is 8.34. The van der Waals surface area contributed by atoms with Gasteiger partial charge in [0, 0.05) is 29.2 Å². The van der Waals surface area contributed by atoms with E-state index in [1.165, 1.54) is 24.4 Å². The van der Waals surface area contributed by atoms with Crippen molar-refractivity contribution >= 4 is 28.3 Å². The van der Waals surface area contributed by atoms with Crippen molar-refractivity contribution in [1.29, 1.82) is 0 Å². The van der Waals surface area contributed by atoms with Crippen molar-refractivity contribution in [2.75, 3.05) is 0 Å². The number of non-ortho nitro benzene ring substituents is 1. The fraction of sp³-hybridized carbons (Fsp3) is 0. The van der Waals surface area contributed by atoms with Crippen LogP contribution in [-0.4, -0.2) is 26.8 Å². The summed E-state index contributed by atoms with van der Waals surface area (Å²) in [5.74, 6) is -2.70. The summed E-state index contributed by atoms with van der Waals surface area (Å²) in [7, 11) is 0. The number of benzene rings is 1. The Labute approximate surface area is 93.8 Å². The van der Waals surface area contributed by atoms with Gasteiger partial charge in [-0.05, 0) is 6.07 Å². The van der Waals surface area contributed by atoms with Gasteiger partial charge in [-0.25, -0.2) is 4.79 Å².